The van der Waals surface area contributed by atoms with E-state index in [1.165, 1.54) is 0 Å². The number of phenolic OH excluding ortho intramolecular Hbond substituents is 1. The van der Waals surface area contributed by atoms with Gasteiger partial charge in [-0.2, -0.15) is 0 Å². The number of nitrogens with one attached hydrogen (secondary N) is 1. The first-order valence-electron chi connectivity index (χ1n) is 4.60. The molecule has 0 amide bonds. The fourth-order valence-corrected chi connectivity index (χ4v) is 2.49. The van der Waals surface area contributed by atoms with Crippen molar-refractivity contribution in [2.75, 3.05) is 6.54 Å². The number of aromatic hydroxyl groups is 1. The zero-order chi connectivity index (χ0) is 12.1. The molecule has 4 nitrogen and oxygen atoms in total. The molecule has 0 atom stereocenters. The Labute approximate surface area is 110 Å². The highest BCUT2D eigenvalue weighted by Crippen LogP contribution is 2.31. The van der Waals surface area contributed by atoms with Gasteiger partial charge in [-0.25, -0.2) is 0 Å². The van der Waals surface area contributed by atoms with Gasteiger partial charge in [0.05, 0.1) is 10.9 Å². The molecular formula is C10H11Br2NO3. The van der Waals surface area contributed by atoms with Crippen molar-refractivity contribution in [3.05, 3.63) is 26.6 Å². The van der Waals surface area contributed by atoms with Crippen LogP contribution in [-0.4, -0.2) is 22.7 Å². The smallest absolute Gasteiger partial charge is 0.304 e. The molecule has 3 N–H and O–H groups in total. The predicted molar refractivity (Wildman–Crippen MR) is 67.5 cm³/mol. The van der Waals surface area contributed by atoms with Crippen molar-refractivity contribution in [2.45, 2.75) is 13.0 Å². The quantitative estimate of drug-likeness (QED) is 0.712. The summed E-state index contributed by atoms with van der Waals surface area (Å²) in [6, 6.07) is 3.53. The number of carboxylic acids is 1. The van der Waals surface area contributed by atoms with Crippen LogP contribution in [0.3, 0.4) is 0 Å². The first-order valence-corrected chi connectivity index (χ1v) is 6.18. The van der Waals surface area contributed by atoms with Crippen LogP contribution in [0.4, 0.5) is 0 Å². The van der Waals surface area contributed by atoms with E-state index in [1.807, 2.05) is 0 Å². The molecule has 1 rings (SSSR count). The Bertz CT molecular complexity index is 396. The molecule has 1 aromatic carbocycles. The molecule has 0 unspecified atom stereocenters. The van der Waals surface area contributed by atoms with Crippen LogP contribution in [-0.2, 0) is 11.3 Å². The summed E-state index contributed by atoms with van der Waals surface area (Å²) < 4.78 is 1.46. The van der Waals surface area contributed by atoms with Gasteiger partial charge < -0.3 is 15.5 Å². The molecule has 0 aliphatic rings. The van der Waals surface area contributed by atoms with Gasteiger partial charge in [-0.15, -0.1) is 0 Å². The first-order chi connectivity index (χ1) is 7.50. The van der Waals surface area contributed by atoms with Crippen molar-refractivity contribution in [3.63, 3.8) is 0 Å². The van der Waals surface area contributed by atoms with Crippen molar-refractivity contribution in [3.8, 4) is 5.75 Å². The number of aliphatic carboxylic acids is 1. The van der Waals surface area contributed by atoms with Gasteiger partial charge in [0.25, 0.3) is 0 Å². The van der Waals surface area contributed by atoms with Crippen LogP contribution < -0.4 is 5.32 Å². The van der Waals surface area contributed by atoms with Crippen LogP contribution in [0.2, 0.25) is 0 Å². The van der Waals surface area contributed by atoms with Gasteiger partial charge in [0.2, 0.25) is 0 Å². The molecule has 0 bridgehead atoms. The van der Waals surface area contributed by atoms with Gasteiger partial charge in [0.15, 0.2) is 0 Å². The van der Waals surface area contributed by atoms with E-state index in [9.17, 15) is 9.90 Å². The summed E-state index contributed by atoms with van der Waals surface area (Å²) in [6.45, 7) is 0.802. The Hall–Kier alpha value is -0.590. The molecule has 0 heterocycles. The number of phenols is 1. The molecular weight excluding hydrogens is 342 g/mol. The van der Waals surface area contributed by atoms with Gasteiger partial charge in [0.1, 0.15) is 5.75 Å². The fourth-order valence-electron chi connectivity index (χ4n) is 1.17. The number of hydrogen-bond donors (Lipinski definition) is 3. The van der Waals surface area contributed by atoms with Gasteiger partial charge in [-0.3, -0.25) is 4.79 Å². The lowest BCUT2D eigenvalue weighted by atomic mass is 10.2. The normalized spacial score (nSPS) is 10.4. The average Bonchev–Trinajstić information content (AvgIpc) is 2.19. The maximum Gasteiger partial charge on any atom is 0.304 e. The highest BCUT2D eigenvalue weighted by molar-refractivity contribution is 9.11. The summed E-state index contributed by atoms with van der Waals surface area (Å²) in [5.74, 6) is -0.668. The van der Waals surface area contributed by atoms with Crippen LogP contribution in [0.25, 0.3) is 0 Å². The van der Waals surface area contributed by atoms with Crippen molar-refractivity contribution in [2.24, 2.45) is 0 Å². The molecule has 0 spiro atoms. The standard InChI is InChI=1S/C10H11Br2NO3/c11-7-3-6(10(16)8(12)4-7)5-13-2-1-9(14)15/h3-4,13,16H,1-2,5H2,(H,14,15). The monoisotopic (exact) mass is 351 g/mol. The molecule has 0 aliphatic carbocycles. The molecule has 1 aromatic rings. The van der Waals surface area contributed by atoms with E-state index in [0.717, 1.165) is 4.47 Å². The molecule has 0 saturated carbocycles. The third kappa shape index (κ3) is 4.11. The predicted octanol–water partition coefficient (Wildman–Crippen LogP) is 2.48. The fraction of sp³-hybridized carbons (Fsp3) is 0.300. The van der Waals surface area contributed by atoms with Gasteiger partial charge in [0, 0.05) is 23.1 Å². The molecule has 0 aromatic heterocycles. The molecule has 0 aliphatic heterocycles. The second kappa shape index (κ2) is 6.22. The number of rotatable bonds is 5. The molecule has 88 valence electrons. The number of benzene rings is 1. The molecule has 0 radical (unpaired) electrons. The number of halogens is 2. The van der Waals surface area contributed by atoms with Gasteiger partial charge >= 0.3 is 5.97 Å². The van der Waals surface area contributed by atoms with E-state index in [0.29, 0.717) is 23.1 Å². The van der Waals surface area contributed by atoms with Crippen LogP contribution >= 0.6 is 31.9 Å². The minimum absolute atomic E-state index is 0.0654. The Balaban J connectivity index is 2.57. The summed E-state index contributed by atoms with van der Waals surface area (Å²) in [5, 5.41) is 21.1. The number of carbonyl (C=O) groups is 1. The second-order valence-electron chi connectivity index (χ2n) is 3.22. The molecule has 0 fully saturated rings. The Kier molecular flexibility index (Phi) is 5.24. The molecule has 0 saturated heterocycles. The molecule has 6 heteroatoms. The van der Waals surface area contributed by atoms with E-state index >= 15 is 0 Å². The largest absolute Gasteiger partial charge is 0.506 e. The van der Waals surface area contributed by atoms with Crippen LogP contribution in [0.15, 0.2) is 21.1 Å². The number of hydrogen-bond acceptors (Lipinski definition) is 3. The van der Waals surface area contributed by atoms with E-state index in [1.54, 1.807) is 12.1 Å². The zero-order valence-corrected chi connectivity index (χ0v) is 11.5. The Morgan fingerprint density at radius 1 is 1.38 bits per heavy atom. The average molecular weight is 353 g/mol. The van der Waals surface area contributed by atoms with Crippen LogP contribution in [0.5, 0.6) is 5.75 Å². The second-order valence-corrected chi connectivity index (χ2v) is 4.99. The van der Waals surface area contributed by atoms with E-state index in [2.05, 4.69) is 37.2 Å². The van der Waals surface area contributed by atoms with Crippen molar-refractivity contribution < 1.29 is 15.0 Å². The minimum Gasteiger partial charge on any atom is -0.506 e. The summed E-state index contributed by atoms with van der Waals surface area (Å²) in [5.41, 5.74) is 0.714. The number of carboxylic acid groups (broad SMARTS) is 1. The van der Waals surface area contributed by atoms with Crippen LogP contribution in [0, 0.1) is 0 Å². The maximum absolute atomic E-state index is 10.3. The summed E-state index contributed by atoms with van der Waals surface area (Å²) in [7, 11) is 0. The van der Waals surface area contributed by atoms with Crippen molar-refractivity contribution >= 4 is 37.8 Å². The Morgan fingerprint density at radius 3 is 2.69 bits per heavy atom. The van der Waals surface area contributed by atoms with Gasteiger partial charge in [-0.05, 0) is 28.1 Å². The summed E-state index contributed by atoms with van der Waals surface area (Å²) in [6.07, 6.45) is 0.0654. The minimum atomic E-state index is -0.841. The molecule has 16 heavy (non-hydrogen) atoms. The lowest BCUT2D eigenvalue weighted by molar-refractivity contribution is -0.136. The van der Waals surface area contributed by atoms with E-state index in [4.69, 9.17) is 5.11 Å². The van der Waals surface area contributed by atoms with Crippen molar-refractivity contribution in [1.82, 2.24) is 5.32 Å². The lowest BCUT2D eigenvalue weighted by Crippen LogP contribution is -2.17. The van der Waals surface area contributed by atoms with Crippen molar-refractivity contribution in [1.29, 1.82) is 0 Å². The van der Waals surface area contributed by atoms with Gasteiger partial charge in [-0.1, -0.05) is 15.9 Å². The summed E-state index contributed by atoms with van der Waals surface area (Å²) in [4.78, 5) is 10.3. The first kappa shape index (κ1) is 13.5. The highest BCUT2D eigenvalue weighted by Gasteiger charge is 2.07. The third-order valence-electron chi connectivity index (χ3n) is 1.94. The summed E-state index contributed by atoms with van der Waals surface area (Å²) >= 11 is 6.54. The lowest BCUT2D eigenvalue weighted by Gasteiger charge is -2.08. The zero-order valence-electron chi connectivity index (χ0n) is 8.33. The Morgan fingerprint density at radius 2 is 2.06 bits per heavy atom. The van der Waals surface area contributed by atoms with E-state index in [-0.39, 0.29) is 12.2 Å². The van der Waals surface area contributed by atoms with E-state index < -0.39 is 5.97 Å². The highest BCUT2D eigenvalue weighted by atomic mass is 79.9. The van der Waals surface area contributed by atoms with Crippen LogP contribution in [0.1, 0.15) is 12.0 Å². The third-order valence-corrected chi connectivity index (χ3v) is 3.00. The topological polar surface area (TPSA) is 69.6 Å². The SMILES string of the molecule is O=C(O)CCNCc1cc(Br)cc(Br)c1O. The maximum atomic E-state index is 10.3.